The van der Waals surface area contributed by atoms with Crippen molar-refractivity contribution in [2.45, 2.75) is 18.9 Å². The fourth-order valence-electron chi connectivity index (χ4n) is 2.71. The van der Waals surface area contributed by atoms with Gasteiger partial charge in [-0.2, -0.15) is 0 Å². The van der Waals surface area contributed by atoms with E-state index in [1.165, 1.54) is 12.8 Å². The minimum Gasteiger partial charge on any atom is -0.377 e. The lowest BCUT2D eigenvalue weighted by molar-refractivity contribution is 0.0561. The van der Waals surface area contributed by atoms with Gasteiger partial charge in [-0.3, -0.25) is 4.90 Å². The van der Waals surface area contributed by atoms with Gasteiger partial charge in [0.25, 0.3) is 0 Å². The second-order valence-electron chi connectivity index (χ2n) is 5.96. The summed E-state index contributed by atoms with van der Waals surface area (Å²) in [7, 11) is 4.02. The number of rotatable bonds is 5. The van der Waals surface area contributed by atoms with E-state index in [4.69, 9.17) is 4.74 Å². The molecule has 2 rings (SSSR count). The number of amides is 2. The van der Waals surface area contributed by atoms with Crippen LogP contribution in [0.4, 0.5) is 4.79 Å². The quantitative estimate of drug-likeness (QED) is 0.775. The van der Waals surface area contributed by atoms with Gasteiger partial charge in [-0.05, 0) is 26.9 Å². The zero-order chi connectivity index (χ0) is 14.4. The normalized spacial score (nSPS) is 24.4. The Bertz CT molecular complexity index is 298. The molecule has 1 unspecified atom stereocenters. The molecular weight excluding hydrogens is 256 g/mol. The van der Waals surface area contributed by atoms with Crippen molar-refractivity contribution in [1.29, 1.82) is 0 Å². The summed E-state index contributed by atoms with van der Waals surface area (Å²) in [6.45, 7) is 7.09. The fourth-order valence-corrected chi connectivity index (χ4v) is 2.71. The van der Waals surface area contributed by atoms with Gasteiger partial charge in [0.2, 0.25) is 0 Å². The molecule has 0 spiro atoms. The van der Waals surface area contributed by atoms with Crippen molar-refractivity contribution < 1.29 is 9.53 Å². The van der Waals surface area contributed by atoms with Crippen LogP contribution in [-0.4, -0.2) is 93.4 Å². The SMILES string of the molecule is CN(C)CCNC(=O)N1CCN(CC2CCCO2)CC1. The lowest BCUT2D eigenvalue weighted by Gasteiger charge is -2.35. The van der Waals surface area contributed by atoms with Crippen LogP contribution in [0.5, 0.6) is 0 Å². The van der Waals surface area contributed by atoms with Crippen LogP contribution in [0.2, 0.25) is 0 Å². The summed E-state index contributed by atoms with van der Waals surface area (Å²) < 4.78 is 5.67. The lowest BCUT2D eigenvalue weighted by atomic mass is 10.2. The zero-order valence-corrected chi connectivity index (χ0v) is 12.8. The van der Waals surface area contributed by atoms with E-state index in [0.717, 1.165) is 45.9 Å². The number of hydrogen-bond acceptors (Lipinski definition) is 4. The summed E-state index contributed by atoms with van der Waals surface area (Å²) >= 11 is 0. The molecule has 0 aromatic heterocycles. The Labute approximate surface area is 122 Å². The zero-order valence-electron chi connectivity index (χ0n) is 12.8. The van der Waals surface area contributed by atoms with E-state index in [-0.39, 0.29) is 6.03 Å². The van der Waals surface area contributed by atoms with Gasteiger partial charge in [0.1, 0.15) is 0 Å². The number of carbonyl (C=O) groups excluding carboxylic acids is 1. The molecule has 6 heteroatoms. The van der Waals surface area contributed by atoms with Crippen LogP contribution in [0.25, 0.3) is 0 Å². The van der Waals surface area contributed by atoms with Crippen molar-refractivity contribution in [3.05, 3.63) is 0 Å². The highest BCUT2D eigenvalue weighted by Crippen LogP contribution is 2.14. The number of piperazine rings is 1. The molecule has 2 fully saturated rings. The fraction of sp³-hybridized carbons (Fsp3) is 0.929. The summed E-state index contributed by atoms with van der Waals surface area (Å²) in [6.07, 6.45) is 2.79. The first-order chi connectivity index (χ1) is 9.65. The maximum Gasteiger partial charge on any atom is 0.317 e. The van der Waals surface area contributed by atoms with Crippen molar-refractivity contribution in [2.24, 2.45) is 0 Å². The third kappa shape index (κ3) is 4.92. The van der Waals surface area contributed by atoms with Crippen LogP contribution < -0.4 is 5.32 Å². The van der Waals surface area contributed by atoms with Crippen LogP contribution in [0.3, 0.4) is 0 Å². The van der Waals surface area contributed by atoms with Crippen molar-refractivity contribution in [3.8, 4) is 0 Å². The first-order valence-electron chi connectivity index (χ1n) is 7.66. The van der Waals surface area contributed by atoms with E-state index in [1.807, 2.05) is 19.0 Å². The number of carbonyl (C=O) groups is 1. The summed E-state index contributed by atoms with van der Waals surface area (Å²) in [5.74, 6) is 0. The van der Waals surface area contributed by atoms with Crippen molar-refractivity contribution in [1.82, 2.24) is 20.0 Å². The van der Waals surface area contributed by atoms with E-state index >= 15 is 0 Å². The molecule has 2 heterocycles. The molecule has 116 valence electrons. The van der Waals surface area contributed by atoms with Gasteiger partial charge < -0.3 is 19.9 Å². The maximum absolute atomic E-state index is 12.0. The molecule has 0 bridgehead atoms. The number of likely N-dealkylation sites (N-methyl/N-ethyl adjacent to an activating group) is 1. The average Bonchev–Trinajstić information content (AvgIpc) is 2.92. The van der Waals surface area contributed by atoms with Crippen LogP contribution in [0.1, 0.15) is 12.8 Å². The molecule has 20 heavy (non-hydrogen) atoms. The van der Waals surface area contributed by atoms with E-state index in [0.29, 0.717) is 12.6 Å². The maximum atomic E-state index is 12.0. The molecular formula is C14H28N4O2. The summed E-state index contributed by atoms with van der Waals surface area (Å²) in [5.41, 5.74) is 0. The Kier molecular flexibility index (Phi) is 6.06. The standard InChI is InChI=1S/C14H28N4O2/c1-16(2)6-5-15-14(19)18-9-7-17(8-10-18)12-13-4-3-11-20-13/h13H,3-12H2,1-2H3,(H,15,19). The molecule has 2 aliphatic rings. The highest BCUT2D eigenvalue weighted by Gasteiger charge is 2.24. The molecule has 0 aliphatic carbocycles. The van der Waals surface area contributed by atoms with Crippen LogP contribution in [-0.2, 0) is 4.74 Å². The average molecular weight is 284 g/mol. The van der Waals surface area contributed by atoms with Gasteiger partial charge in [0, 0.05) is 52.4 Å². The topological polar surface area (TPSA) is 48.1 Å². The van der Waals surface area contributed by atoms with Gasteiger partial charge in [-0.15, -0.1) is 0 Å². The molecule has 2 saturated heterocycles. The Balaban J connectivity index is 1.61. The summed E-state index contributed by atoms with van der Waals surface area (Å²) in [4.78, 5) is 18.4. The predicted octanol–water partition coefficient (Wildman–Crippen LogP) is 0.0542. The second kappa shape index (κ2) is 7.81. The van der Waals surface area contributed by atoms with Gasteiger partial charge in [-0.1, -0.05) is 0 Å². The highest BCUT2D eigenvalue weighted by atomic mass is 16.5. The smallest absolute Gasteiger partial charge is 0.317 e. The number of hydrogen-bond donors (Lipinski definition) is 1. The molecule has 0 aromatic rings. The first kappa shape index (κ1) is 15.5. The Morgan fingerprint density at radius 3 is 2.65 bits per heavy atom. The number of nitrogens with zero attached hydrogens (tertiary/aromatic N) is 3. The van der Waals surface area contributed by atoms with Crippen LogP contribution >= 0.6 is 0 Å². The van der Waals surface area contributed by atoms with E-state index in [2.05, 4.69) is 15.1 Å². The Morgan fingerprint density at radius 1 is 1.30 bits per heavy atom. The predicted molar refractivity (Wildman–Crippen MR) is 78.9 cm³/mol. The highest BCUT2D eigenvalue weighted by molar-refractivity contribution is 5.74. The van der Waals surface area contributed by atoms with Crippen molar-refractivity contribution in [3.63, 3.8) is 0 Å². The van der Waals surface area contributed by atoms with Gasteiger partial charge >= 0.3 is 6.03 Å². The number of ether oxygens (including phenoxy) is 1. The molecule has 0 radical (unpaired) electrons. The lowest BCUT2D eigenvalue weighted by Crippen LogP contribution is -2.53. The minimum absolute atomic E-state index is 0.0728. The molecule has 0 saturated carbocycles. The van der Waals surface area contributed by atoms with Gasteiger partial charge in [0.05, 0.1) is 6.10 Å². The van der Waals surface area contributed by atoms with Gasteiger partial charge in [0.15, 0.2) is 0 Å². The van der Waals surface area contributed by atoms with E-state index in [1.54, 1.807) is 0 Å². The van der Waals surface area contributed by atoms with Crippen molar-refractivity contribution >= 4 is 6.03 Å². The molecule has 1 atom stereocenters. The molecule has 2 aliphatic heterocycles. The summed E-state index contributed by atoms with van der Waals surface area (Å²) in [5, 5.41) is 2.97. The molecule has 6 nitrogen and oxygen atoms in total. The third-order valence-electron chi connectivity index (χ3n) is 3.98. The van der Waals surface area contributed by atoms with E-state index in [9.17, 15) is 4.79 Å². The second-order valence-corrected chi connectivity index (χ2v) is 5.96. The Morgan fingerprint density at radius 2 is 2.05 bits per heavy atom. The first-order valence-corrected chi connectivity index (χ1v) is 7.66. The largest absolute Gasteiger partial charge is 0.377 e. The van der Waals surface area contributed by atoms with Gasteiger partial charge in [-0.25, -0.2) is 4.79 Å². The monoisotopic (exact) mass is 284 g/mol. The number of nitrogens with one attached hydrogen (secondary N) is 1. The summed E-state index contributed by atoms with van der Waals surface area (Å²) in [6, 6.07) is 0.0728. The molecule has 0 aromatic carbocycles. The molecule has 2 amide bonds. The number of urea groups is 1. The van der Waals surface area contributed by atoms with Crippen molar-refractivity contribution in [2.75, 3.05) is 66.5 Å². The third-order valence-corrected chi connectivity index (χ3v) is 3.98. The Hall–Kier alpha value is -0.850. The minimum atomic E-state index is 0.0728. The van der Waals surface area contributed by atoms with E-state index < -0.39 is 0 Å². The molecule has 1 N–H and O–H groups in total. The van der Waals surface area contributed by atoms with Crippen LogP contribution in [0, 0.1) is 0 Å². The van der Waals surface area contributed by atoms with Crippen LogP contribution in [0.15, 0.2) is 0 Å².